The van der Waals surface area contributed by atoms with Gasteiger partial charge in [0.25, 0.3) is 0 Å². The lowest BCUT2D eigenvalue weighted by molar-refractivity contribution is 0.0692. The van der Waals surface area contributed by atoms with Gasteiger partial charge in [-0.25, -0.2) is 4.79 Å². The Morgan fingerprint density at radius 1 is 1.29 bits per heavy atom. The van der Waals surface area contributed by atoms with Gasteiger partial charge in [-0.05, 0) is 18.4 Å². The molecule has 2 aromatic rings. The van der Waals surface area contributed by atoms with Crippen LogP contribution in [0.3, 0.4) is 0 Å². The summed E-state index contributed by atoms with van der Waals surface area (Å²) >= 11 is 0. The van der Waals surface area contributed by atoms with E-state index in [0.29, 0.717) is 11.5 Å². The van der Waals surface area contributed by atoms with Crippen LogP contribution in [0.5, 0.6) is 0 Å². The van der Waals surface area contributed by atoms with Crippen molar-refractivity contribution in [1.29, 1.82) is 0 Å². The summed E-state index contributed by atoms with van der Waals surface area (Å²) < 4.78 is 5.45. The Labute approximate surface area is 123 Å². The van der Waals surface area contributed by atoms with Crippen LogP contribution in [0, 0.1) is 0 Å². The van der Waals surface area contributed by atoms with E-state index in [-0.39, 0.29) is 17.4 Å². The molecule has 1 heterocycles. The zero-order chi connectivity index (χ0) is 14.8. The largest absolute Gasteiger partial charge is 0.477 e. The van der Waals surface area contributed by atoms with E-state index in [2.05, 4.69) is 5.16 Å². The molecule has 1 atom stereocenters. The van der Waals surface area contributed by atoms with Crippen molar-refractivity contribution in [3.63, 3.8) is 0 Å². The third kappa shape index (κ3) is 2.58. The van der Waals surface area contributed by atoms with Gasteiger partial charge in [-0.3, -0.25) is 0 Å². The molecule has 0 saturated heterocycles. The molecule has 110 valence electrons. The molecule has 1 aliphatic carbocycles. The van der Waals surface area contributed by atoms with E-state index in [9.17, 15) is 9.90 Å². The highest BCUT2D eigenvalue weighted by Gasteiger charge is 2.32. The van der Waals surface area contributed by atoms with Crippen molar-refractivity contribution in [3.05, 3.63) is 52.9 Å². The van der Waals surface area contributed by atoms with Gasteiger partial charge in [0.15, 0.2) is 5.76 Å². The normalized spacial score (nSPS) is 17.0. The lowest BCUT2D eigenvalue weighted by Crippen LogP contribution is -2.08. The van der Waals surface area contributed by atoms with Crippen molar-refractivity contribution in [2.45, 2.75) is 44.4 Å². The second-order valence-corrected chi connectivity index (χ2v) is 5.73. The van der Waals surface area contributed by atoms with E-state index in [4.69, 9.17) is 4.52 Å². The first-order chi connectivity index (χ1) is 10.2. The maximum atomic E-state index is 11.7. The summed E-state index contributed by atoms with van der Waals surface area (Å²) in [7, 11) is 0. The standard InChI is InChI=1S/C17H19NO3/c1-11(12-7-3-2-4-8-12)15-14(17(19)20)16(21-18-15)13-9-5-6-10-13/h2-4,7-8,11,13H,5-6,9-10H2,1H3,(H,19,20). The van der Waals surface area contributed by atoms with E-state index in [1.165, 1.54) is 0 Å². The van der Waals surface area contributed by atoms with Gasteiger partial charge < -0.3 is 9.63 Å². The smallest absolute Gasteiger partial charge is 0.341 e. The van der Waals surface area contributed by atoms with E-state index < -0.39 is 5.97 Å². The first-order valence-electron chi connectivity index (χ1n) is 7.46. The van der Waals surface area contributed by atoms with Crippen molar-refractivity contribution < 1.29 is 14.4 Å². The number of hydrogen-bond donors (Lipinski definition) is 1. The number of hydrogen-bond acceptors (Lipinski definition) is 3. The third-order valence-electron chi connectivity index (χ3n) is 4.39. The number of carboxylic acid groups (broad SMARTS) is 1. The predicted octanol–water partition coefficient (Wildman–Crippen LogP) is 4.18. The van der Waals surface area contributed by atoms with E-state index in [1.54, 1.807) is 0 Å². The molecular formula is C17H19NO3. The Morgan fingerprint density at radius 2 is 1.95 bits per heavy atom. The summed E-state index contributed by atoms with van der Waals surface area (Å²) in [6.45, 7) is 1.97. The molecule has 0 bridgehead atoms. The summed E-state index contributed by atoms with van der Waals surface area (Å²) in [5.74, 6) is -0.245. The van der Waals surface area contributed by atoms with Crippen molar-refractivity contribution in [2.24, 2.45) is 0 Å². The molecule has 21 heavy (non-hydrogen) atoms. The highest BCUT2D eigenvalue weighted by molar-refractivity contribution is 5.90. The second-order valence-electron chi connectivity index (χ2n) is 5.73. The van der Waals surface area contributed by atoms with Crippen molar-refractivity contribution >= 4 is 5.97 Å². The number of aromatic carboxylic acids is 1. The van der Waals surface area contributed by atoms with Crippen LogP contribution >= 0.6 is 0 Å². The lowest BCUT2D eigenvalue weighted by Gasteiger charge is -2.10. The molecule has 0 radical (unpaired) electrons. The van der Waals surface area contributed by atoms with Crippen molar-refractivity contribution in [2.75, 3.05) is 0 Å². The Balaban J connectivity index is 2.00. The van der Waals surface area contributed by atoms with Crippen LogP contribution in [-0.4, -0.2) is 16.2 Å². The van der Waals surface area contributed by atoms with Crippen LogP contribution in [0.2, 0.25) is 0 Å². The predicted molar refractivity (Wildman–Crippen MR) is 78.6 cm³/mol. The highest BCUT2D eigenvalue weighted by atomic mass is 16.5. The maximum absolute atomic E-state index is 11.7. The van der Waals surface area contributed by atoms with E-state index in [0.717, 1.165) is 31.2 Å². The summed E-state index contributed by atoms with van der Waals surface area (Å²) in [4.78, 5) is 11.7. The minimum absolute atomic E-state index is 0.0868. The monoisotopic (exact) mass is 285 g/mol. The topological polar surface area (TPSA) is 63.3 Å². The summed E-state index contributed by atoms with van der Waals surface area (Å²) in [5, 5.41) is 13.7. The zero-order valence-corrected chi connectivity index (χ0v) is 12.1. The van der Waals surface area contributed by atoms with Crippen LogP contribution in [-0.2, 0) is 0 Å². The second kappa shape index (κ2) is 5.72. The molecule has 4 heteroatoms. The number of carbonyl (C=O) groups is 1. The van der Waals surface area contributed by atoms with Gasteiger partial charge >= 0.3 is 5.97 Å². The van der Waals surface area contributed by atoms with Crippen LogP contribution < -0.4 is 0 Å². The average molecular weight is 285 g/mol. The first kappa shape index (κ1) is 13.9. The number of rotatable bonds is 4. The SMILES string of the molecule is CC(c1ccccc1)c1noc(C2CCCC2)c1C(=O)O. The minimum atomic E-state index is -0.934. The van der Waals surface area contributed by atoms with E-state index >= 15 is 0 Å². The molecule has 0 amide bonds. The van der Waals surface area contributed by atoms with Crippen LogP contribution in [0.4, 0.5) is 0 Å². The molecule has 1 aliphatic rings. The van der Waals surface area contributed by atoms with Gasteiger partial charge in [0.1, 0.15) is 11.3 Å². The molecular weight excluding hydrogens is 266 g/mol. The van der Waals surface area contributed by atoms with Gasteiger partial charge in [0, 0.05) is 11.8 Å². The number of benzene rings is 1. The van der Waals surface area contributed by atoms with Gasteiger partial charge in [-0.2, -0.15) is 0 Å². The molecule has 1 N–H and O–H groups in total. The summed E-state index contributed by atoms with van der Waals surface area (Å²) in [6, 6.07) is 9.82. The fourth-order valence-corrected chi connectivity index (χ4v) is 3.19. The van der Waals surface area contributed by atoms with Crippen LogP contribution in [0.1, 0.15) is 71.8 Å². The molecule has 0 spiro atoms. The molecule has 1 saturated carbocycles. The Bertz CT molecular complexity index is 627. The Morgan fingerprint density at radius 3 is 2.57 bits per heavy atom. The molecule has 1 unspecified atom stereocenters. The molecule has 3 rings (SSSR count). The molecule has 1 aromatic heterocycles. The number of carboxylic acids is 1. The Kier molecular flexibility index (Phi) is 3.78. The molecule has 1 fully saturated rings. The fraction of sp³-hybridized carbons (Fsp3) is 0.412. The quantitative estimate of drug-likeness (QED) is 0.915. The van der Waals surface area contributed by atoms with Crippen molar-refractivity contribution in [1.82, 2.24) is 5.16 Å². The summed E-state index contributed by atoms with van der Waals surface area (Å²) in [6.07, 6.45) is 4.26. The minimum Gasteiger partial charge on any atom is -0.477 e. The first-order valence-corrected chi connectivity index (χ1v) is 7.46. The highest BCUT2D eigenvalue weighted by Crippen LogP contribution is 2.39. The van der Waals surface area contributed by atoms with Gasteiger partial charge in [0.2, 0.25) is 0 Å². The molecule has 0 aliphatic heterocycles. The summed E-state index contributed by atoms with van der Waals surface area (Å²) in [5.41, 5.74) is 1.86. The lowest BCUT2D eigenvalue weighted by atomic mass is 9.92. The van der Waals surface area contributed by atoms with Crippen LogP contribution in [0.25, 0.3) is 0 Å². The van der Waals surface area contributed by atoms with Gasteiger partial charge in [-0.15, -0.1) is 0 Å². The van der Waals surface area contributed by atoms with Crippen molar-refractivity contribution in [3.8, 4) is 0 Å². The van der Waals surface area contributed by atoms with E-state index in [1.807, 2.05) is 37.3 Å². The molecule has 4 nitrogen and oxygen atoms in total. The van der Waals surface area contributed by atoms with Crippen LogP contribution in [0.15, 0.2) is 34.9 Å². The molecule has 1 aromatic carbocycles. The maximum Gasteiger partial charge on any atom is 0.341 e. The Hall–Kier alpha value is -2.10. The van der Waals surface area contributed by atoms with Gasteiger partial charge in [0.05, 0.1) is 0 Å². The fourth-order valence-electron chi connectivity index (χ4n) is 3.19. The third-order valence-corrected chi connectivity index (χ3v) is 4.39. The van der Waals surface area contributed by atoms with Gasteiger partial charge in [-0.1, -0.05) is 55.3 Å². The number of nitrogens with zero attached hydrogens (tertiary/aromatic N) is 1. The number of aromatic nitrogens is 1. The zero-order valence-electron chi connectivity index (χ0n) is 12.1. The average Bonchev–Trinajstić information content (AvgIpc) is 3.16.